The minimum Gasteiger partial charge on any atom is -0.490 e. The monoisotopic (exact) mass is 252 g/mol. The molecule has 1 saturated heterocycles. The third kappa shape index (κ3) is 2.70. The molecule has 1 atom stereocenters. The Kier molecular flexibility index (Phi) is 3.99. The fourth-order valence-electron chi connectivity index (χ4n) is 2.03. The highest BCUT2D eigenvalue weighted by Crippen LogP contribution is 2.36. The summed E-state index contributed by atoms with van der Waals surface area (Å²) in [6, 6.07) is 4.85. The summed E-state index contributed by atoms with van der Waals surface area (Å²) in [6.45, 7) is 2.37. The van der Waals surface area contributed by atoms with Crippen molar-refractivity contribution in [3.05, 3.63) is 28.3 Å². The van der Waals surface area contributed by atoms with Crippen LogP contribution in [0.3, 0.4) is 0 Å². The molecule has 0 amide bonds. The summed E-state index contributed by atoms with van der Waals surface area (Å²) in [5.41, 5.74) is -0.106. The molecule has 1 aromatic carbocycles. The molecule has 1 aliphatic rings. The third-order valence-electron chi connectivity index (χ3n) is 3.00. The highest BCUT2D eigenvalue weighted by atomic mass is 16.6. The van der Waals surface area contributed by atoms with Crippen molar-refractivity contribution >= 4 is 5.69 Å². The van der Waals surface area contributed by atoms with E-state index in [4.69, 9.17) is 9.47 Å². The van der Waals surface area contributed by atoms with Crippen LogP contribution in [-0.2, 0) is 0 Å². The van der Waals surface area contributed by atoms with Crippen LogP contribution in [0.2, 0.25) is 0 Å². The summed E-state index contributed by atoms with van der Waals surface area (Å²) in [7, 11) is 1.41. The van der Waals surface area contributed by atoms with Gasteiger partial charge in [-0.1, -0.05) is 6.07 Å². The van der Waals surface area contributed by atoms with Crippen LogP contribution in [0, 0.1) is 16.0 Å². The summed E-state index contributed by atoms with van der Waals surface area (Å²) in [5, 5.41) is 14.3. The summed E-state index contributed by atoms with van der Waals surface area (Å²) >= 11 is 0. The Bertz CT molecular complexity index is 430. The topological polar surface area (TPSA) is 73.6 Å². The second kappa shape index (κ2) is 5.68. The van der Waals surface area contributed by atoms with Crippen molar-refractivity contribution in [1.82, 2.24) is 5.32 Å². The van der Waals surface area contributed by atoms with Crippen molar-refractivity contribution in [2.45, 2.75) is 6.42 Å². The molecule has 6 heteroatoms. The van der Waals surface area contributed by atoms with Crippen molar-refractivity contribution in [2.24, 2.45) is 5.92 Å². The van der Waals surface area contributed by atoms with Gasteiger partial charge in [0.05, 0.1) is 18.6 Å². The van der Waals surface area contributed by atoms with E-state index < -0.39 is 4.92 Å². The lowest BCUT2D eigenvalue weighted by Crippen LogP contribution is -2.16. The number of hydrogen-bond donors (Lipinski definition) is 1. The Morgan fingerprint density at radius 2 is 2.28 bits per heavy atom. The number of hydrogen-bond acceptors (Lipinski definition) is 5. The lowest BCUT2D eigenvalue weighted by Gasteiger charge is -2.12. The van der Waals surface area contributed by atoms with Gasteiger partial charge in [-0.3, -0.25) is 10.1 Å². The molecule has 0 radical (unpaired) electrons. The van der Waals surface area contributed by atoms with E-state index in [0.29, 0.717) is 12.5 Å². The van der Waals surface area contributed by atoms with E-state index in [1.54, 1.807) is 18.2 Å². The average Bonchev–Trinajstić information content (AvgIpc) is 2.88. The van der Waals surface area contributed by atoms with Crippen molar-refractivity contribution in [1.29, 1.82) is 0 Å². The number of nitrogens with one attached hydrogen (secondary N) is 1. The van der Waals surface area contributed by atoms with Crippen molar-refractivity contribution in [2.75, 3.05) is 26.8 Å². The van der Waals surface area contributed by atoms with E-state index in [2.05, 4.69) is 5.32 Å². The van der Waals surface area contributed by atoms with Crippen LogP contribution < -0.4 is 14.8 Å². The zero-order valence-electron chi connectivity index (χ0n) is 10.2. The maximum atomic E-state index is 11.0. The van der Waals surface area contributed by atoms with Gasteiger partial charge in [-0.2, -0.15) is 0 Å². The largest absolute Gasteiger partial charge is 0.490 e. The maximum Gasteiger partial charge on any atom is 0.352 e. The van der Waals surface area contributed by atoms with Gasteiger partial charge in [0.25, 0.3) is 0 Å². The summed E-state index contributed by atoms with van der Waals surface area (Å²) in [5.74, 6) is 0.907. The standard InChI is InChI=1S/C12H16N2O4/c1-17-10-3-2-4-11(12(10)14(15)16)18-8-9-5-6-13-7-9/h2-4,9,13H,5-8H2,1H3. The van der Waals surface area contributed by atoms with Crippen LogP contribution in [0.15, 0.2) is 18.2 Å². The molecule has 1 aliphatic heterocycles. The first-order valence-corrected chi connectivity index (χ1v) is 5.87. The molecule has 0 aliphatic carbocycles. The van der Waals surface area contributed by atoms with E-state index in [9.17, 15) is 10.1 Å². The molecule has 98 valence electrons. The molecule has 0 aromatic heterocycles. The van der Waals surface area contributed by atoms with E-state index >= 15 is 0 Å². The minimum absolute atomic E-state index is 0.106. The molecule has 1 N–H and O–H groups in total. The minimum atomic E-state index is -0.471. The molecule has 0 spiro atoms. The van der Waals surface area contributed by atoms with Gasteiger partial charge < -0.3 is 14.8 Å². The highest BCUT2D eigenvalue weighted by Gasteiger charge is 2.23. The Hall–Kier alpha value is -1.82. The third-order valence-corrected chi connectivity index (χ3v) is 3.00. The number of methoxy groups -OCH3 is 1. The molecule has 2 rings (SSSR count). The van der Waals surface area contributed by atoms with Crippen LogP contribution in [0.5, 0.6) is 11.5 Å². The van der Waals surface area contributed by atoms with Gasteiger partial charge in [0, 0.05) is 12.5 Å². The number of ether oxygens (including phenoxy) is 2. The molecule has 0 bridgehead atoms. The molecule has 18 heavy (non-hydrogen) atoms. The molecule has 6 nitrogen and oxygen atoms in total. The Labute approximate surface area is 105 Å². The Morgan fingerprint density at radius 1 is 1.50 bits per heavy atom. The summed E-state index contributed by atoms with van der Waals surface area (Å²) < 4.78 is 10.5. The molecule has 1 heterocycles. The summed E-state index contributed by atoms with van der Waals surface area (Å²) in [6.07, 6.45) is 1.04. The first-order valence-electron chi connectivity index (χ1n) is 5.87. The van der Waals surface area contributed by atoms with E-state index in [0.717, 1.165) is 19.5 Å². The molecule has 1 fully saturated rings. The quantitative estimate of drug-likeness (QED) is 0.636. The molecular formula is C12H16N2O4. The van der Waals surface area contributed by atoms with Gasteiger partial charge in [0.1, 0.15) is 0 Å². The zero-order valence-corrected chi connectivity index (χ0v) is 10.2. The fraction of sp³-hybridized carbons (Fsp3) is 0.500. The average molecular weight is 252 g/mol. The number of nitro benzene ring substituents is 1. The van der Waals surface area contributed by atoms with E-state index in [1.165, 1.54) is 7.11 Å². The van der Waals surface area contributed by atoms with E-state index in [1.807, 2.05) is 0 Å². The first kappa shape index (κ1) is 12.6. The number of nitro groups is 1. The normalized spacial score (nSPS) is 18.6. The van der Waals surface area contributed by atoms with Gasteiger partial charge in [-0.05, 0) is 25.1 Å². The van der Waals surface area contributed by atoms with Crippen LogP contribution in [0.4, 0.5) is 5.69 Å². The molecular weight excluding hydrogens is 236 g/mol. The second-order valence-electron chi connectivity index (χ2n) is 4.23. The zero-order chi connectivity index (χ0) is 13.0. The van der Waals surface area contributed by atoms with E-state index in [-0.39, 0.29) is 17.2 Å². The Balaban J connectivity index is 2.13. The number of rotatable bonds is 5. The molecule has 1 aromatic rings. The van der Waals surface area contributed by atoms with Gasteiger partial charge >= 0.3 is 5.69 Å². The number of benzene rings is 1. The van der Waals surface area contributed by atoms with Gasteiger partial charge in [0.15, 0.2) is 0 Å². The van der Waals surface area contributed by atoms with Gasteiger partial charge in [-0.25, -0.2) is 0 Å². The lowest BCUT2D eigenvalue weighted by molar-refractivity contribution is -0.386. The SMILES string of the molecule is COc1cccc(OCC2CCNC2)c1[N+](=O)[O-]. The maximum absolute atomic E-state index is 11.0. The Morgan fingerprint density at radius 3 is 2.89 bits per heavy atom. The smallest absolute Gasteiger partial charge is 0.352 e. The van der Waals surface area contributed by atoms with Gasteiger partial charge in [-0.15, -0.1) is 0 Å². The highest BCUT2D eigenvalue weighted by molar-refractivity contribution is 5.57. The second-order valence-corrected chi connectivity index (χ2v) is 4.23. The van der Waals surface area contributed by atoms with Gasteiger partial charge in [0.2, 0.25) is 11.5 Å². The van der Waals surface area contributed by atoms with Crippen LogP contribution in [0.1, 0.15) is 6.42 Å². The number of nitrogens with zero attached hydrogens (tertiary/aromatic N) is 1. The van der Waals surface area contributed by atoms with Crippen LogP contribution in [-0.4, -0.2) is 31.7 Å². The summed E-state index contributed by atoms with van der Waals surface area (Å²) in [4.78, 5) is 10.6. The van der Waals surface area contributed by atoms with Crippen molar-refractivity contribution in [3.8, 4) is 11.5 Å². The van der Waals surface area contributed by atoms with Crippen molar-refractivity contribution in [3.63, 3.8) is 0 Å². The van der Waals surface area contributed by atoms with Crippen molar-refractivity contribution < 1.29 is 14.4 Å². The predicted molar refractivity (Wildman–Crippen MR) is 66.1 cm³/mol. The number of para-hydroxylation sites is 1. The molecule has 1 unspecified atom stereocenters. The predicted octanol–water partition coefficient (Wildman–Crippen LogP) is 1.59. The molecule has 0 saturated carbocycles. The fourth-order valence-corrected chi connectivity index (χ4v) is 2.03. The lowest BCUT2D eigenvalue weighted by atomic mass is 10.1. The first-order chi connectivity index (χ1) is 8.72. The van der Waals surface area contributed by atoms with Crippen LogP contribution >= 0.6 is 0 Å². The van der Waals surface area contributed by atoms with Crippen LogP contribution in [0.25, 0.3) is 0 Å².